The topological polar surface area (TPSA) is 96.5 Å². The van der Waals surface area contributed by atoms with Gasteiger partial charge in [-0.2, -0.15) is 4.84 Å². The van der Waals surface area contributed by atoms with Crippen molar-refractivity contribution in [1.82, 2.24) is 5.43 Å². The molecule has 0 aliphatic carbocycles. The fourth-order valence-corrected chi connectivity index (χ4v) is 0.514. The predicted molar refractivity (Wildman–Crippen MR) is 39.2 cm³/mol. The largest absolute Gasteiger partial charge is 0.595 e. The molecule has 2 unspecified atom stereocenters. The number of hydrogen-bond acceptors (Lipinski definition) is 5. The summed E-state index contributed by atoms with van der Waals surface area (Å²) in [4.78, 5) is 4.29. The van der Waals surface area contributed by atoms with E-state index in [2.05, 4.69) is 10.3 Å². The first kappa shape index (κ1) is 11.5. The van der Waals surface area contributed by atoms with Crippen LogP contribution in [0.15, 0.2) is 12.3 Å². The molecule has 0 spiro atoms. The summed E-state index contributed by atoms with van der Waals surface area (Å²) in [5, 5.41) is 27.1. The van der Waals surface area contributed by atoms with Crippen molar-refractivity contribution in [1.29, 1.82) is 0 Å². The van der Waals surface area contributed by atoms with Gasteiger partial charge in [0.1, 0.15) is 6.20 Å². The summed E-state index contributed by atoms with van der Waals surface area (Å²) < 4.78 is 0. The van der Waals surface area contributed by atoms with Gasteiger partial charge in [-0.15, -0.1) is 10.8 Å². The number of nitrogens with one attached hydrogen (secondary N) is 3. The fourth-order valence-electron chi connectivity index (χ4n) is 0.514. The second-order valence-corrected chi connectivity index (χ2v) is 1.95. The molecule has 0 amide bonds. The van der Waals surface area contributed by atoms with Crippen molar-refractivity contribution in [3.63, 3.8) is 0 Å². The van der Waals surface area contributed by atoms with Crippen LogP contribution >= 0.6 is 0 Å². The first-order valence-electron chi connectivity index (χ1n) is 3.38. The standard InChI is InChI=1S/C5H13N3O4/c1-12-8(11)6-4-2-3-5-7(9)10/h3,5-9H,2,4H2,1H3/b5-3+. The molecule has 0 saturated heterocycles. The molecule has 0 fully saturated rings. The zero-order valence-corrected chi connectivity index (χ0v) is 6.74. The molecular weight excluding hydrogens is 166 g/mol. The molecule has 0 rings (SSSR count). The lowest BCUT2D eigenvalue weighted by Crippen LogP contribution is -3.13. The molecule has 72 valence electrons. The molecule has 7 heteroatoms. The van der Waals surface area contributed by atoms with Gasteiger partial charge in [0, 0.05) is 0 Å². The first-order valence-corrected chi connectivity index (χ1v) is 3.38. The van der Waals surface area contributed by atoms with Crippen LogP contribution in [0.5, 0.6) is 0 Å². The summed E-state index contributed by atoms with van der Waals surface area (Å²) in [5.41, 5.74) is 2.40. The van der Waals surface area contributed by atoms with Crippen molar-refractivity contribution in [2.24, 2.45) is 0 Å². The molecular formula is C5H13N3O4. The van der Waals surface area contributed by atoms with Gasteiger partial charge in [-0.1, -0.05) is 0 Å². The SMILES string of the molecule is CO[NH+]([O-])NCC/C=C/[NH+]([O-])O. The molecule has 4 N–H and O–H groups in total. The maximum absolute atomic E-state index is 10.4. The van der Waals surface area contributed by atoms with E-state index in [0.29, 0.717) is 13.0 Å². The van der Waals surface area contributed by atoms with Gasteiger partial charge in [0.05, 0.1) is 13.7 Å². The summed E-state index contributed by atoms with van der Waals surface area (Å²) >= 11 is 0. The Morgan fingerprint density at radius 2 is 2.25 bits per heavy atom. The lowest BCUT2D eigenvalue weighted by Gasteiger charge is -2.16. The number of quaternary nitrogens is 2. The average molecular weight is 179 g/mol. The molecule has 0 bridgehead atoms. The Bertz CT molecular complexity index is 130. The zero-order chi connectivity index (χ0) is 9.40. The van der Waals surface area contributed by atoms with Crippen LogP contribution in [0.1, 0.15) is 6.42 Å². The third-order valence-corrected chi connectivity index (χ3v) is 1.03. The minimum Gasteiger partial charge on any atom is -0.595 e. The van der Waals surface area contributed by atoms with Crippen LogP contribution in [-0.2, 0) is 4.84 Å². The van der Waals surface area contributed by atoms with Crippen LogP contribution in [0.25, 0.3) is 0 Å². The average Bonchev–Trinajstić information content (AvgIpc) is 2.03. The zero-order valence-electron chi connectivity index (χ0n) is 6.74. The van der Waals surface area contributed by atoms with Crippen molar-refractivity contribution < 1.29 is 20.6 Å². The van der Waals surface area contributed by atoms with Crippen molar-refractivity contribution in [2.75, 3.05) is 13.7 Å². The van der Waals surface area contributed by atoms with Crippen molar-refractivity contribution in [3.05, 3.63) is 22.7 Å². The molecule has 12 heavy (non-hydrogen) atoms. The van der Waals surface area contributed by atoms with E-state index in [1.165, 1.54) is 13.2 Å². The van der Waals surface area contributed by atoms with Crippen LogP contribution in [0.3, 0.4) is 0 Å². The van der Waals surface area contributed by atoms with E-state index in [0.717, 1.165) is 6.20 Å². The monoisotopic (exact) mass is 179 g/mol. The highest BCUT2D eigenvalue weighted by Gasteiger charge is 1.90. The van der Waals surface area contributed by atoms with E-state index >= 15 is 0 Å². The normalized spacial score (nSPS) is 16.7. The summed E-state index contributed by atoms with van der Waals surface area (Å²) in [6.07, 6.45) is 2.96. The Kier molecular flexibility index (Phi) is 6.81. The third-order valence-electron chi connectivity index (χ3n) is 1.03. The van der Waals surface area contributed by atoms with E-state index < -0.39 is 10.6 Å². The Labute approximate surface area is 69.9 Å². The minimum absolute atomic E-state index is 0.371. The van der Waals surface area contributed by atoms with Gasteiger partial charge in [-0.3, -0.25) is 0 Å². The van der Waals surface area contributed by atoms with Crippen LogP contribution in [0.2, 0.25) is 0 Å². The van der Waals surface area contributed by atoms with E-state index in [1.54, 1.807) is 0 Å². The maximum Gasteiger partial charge on any atom is 0.123 e. The second-order valence-electron chi connectivity index (χ2n) is 1.95. The minimum atomic E-state index is -0.993. The number of hydrogen-bond donors (Lipinski definition) is 4. The molecule has 0 aliphatic rings. The Balaban J connectivity index is 3.21. The van der Waals surface area contributed by atoms with Crippen LogP contribution < -0.4 is 16.0 Å². The quantitative estimate of drug-likeness (QED) is 0.259. The fraction of sp³-hybridized carbons (Fsp3) is 0.600. The van der Waals surface area contributed by atoms with Gasteiger partial charge in [0.2, 0.25) is 0 Å². The molecule has 0 aromatic rings. The lowest BCUT2D eigenvalue weighted by atomic mass is 10.4. The summed E-state index contributed by atoms with van der Waals surface area (Å²) in [5.74, 6) is 0. The smallest absolute Gasteiger partial charge is 0.123 e. The summed E-state index contributed by atoms with van der Waals surface area (Å²) in [6.45, 7) is 0.371. The van der Waals surface area contributed by atoms with E-state index in [4.69, 9.17) is 5.21 Å². The highest BCUT2D eigenvalue weighted by molar-refractivity contribution is 4.71. The summed E-state index contributed by atoms with van der Waals surface area (Å²) in [7, 11) is 1.27. The highest BCUT2D eigenvalue weighted by atomic mass is 16.9. The highest BCUT2D eigenvalue weighted by Crippen LogP contribution is 1.73. The summed E-state index contributed by atoms with van der Waals surface area (Å²) in [6, 6.07) is 0. The Hall–Kier alpha value is -0.540. The van der Waals surface area contributed by atoms with Crippen LogP contribution in [-0.4, -0.2) is 18.9 Å². The Morgan fingerprint density at radius 3 is 2.75 bits per heavy atom. The molecule has 7 nitrogen and oxygen atoms in total. The molecule has 0 saturated carbocycles. The third kappa shape index (κ3) is 7.57. The Morgan fingerprint density at radius 1 is 1.58 bits per heavy atom. The molecule has 0 radical (unpaired) electrons. The van der Waals surface area contributed by atoms with Crippen molar-refractivity contribution in [2.45, 2.75) is 6.42 Å². The van der Waals surface area contributed by atoms with E-state index in [-0.39, 0.29) is 0 Å². The first-order chi connectivity index (χ1) is 5.66. The molecule has 0 aromatic carbocycles. The second kappa shape index (κ2) is 7.13. The van der Waals surface area contributed by atoms with E-state index in [9.17, 15) is 10.4 Å². The van der Waals surface area contributed by atoms with Crippen molar-refractivity contribution in [3.8, 4) is 0 Å². The van der Waals surface area contributed by atoms with Crippen LogP contribution in [0, 0.1) is 10.4 Å². The van der Waals surface area contributed by atoms with Gasteiger partial charge >= 0.3 is 0 Å². The lowest BCUT2D eigenvalue weighted by molar-refractivity contribution is -1.08. The maximum atomic E-state index is 10.4. The number of hydroxylamine groups is 2. The van der Waals surface area contributed by atoms with Gasteiger partial charge in [0.25, 0.3) is 0 Å². The van der Waals surface area contributed by atoms with Gasteiger partial charge in [0.15, 0.2) is 0 Å². The van der Waals surface area contributed by atoms with Crippen molar-refractivity contribution >= 4 is 0 Å². The number of rotatable bonds is 6. The van der Waals surface area contributed by atoms with Gasteiger partial charge < -0.3 is 10.4 Å². The van der Waals surface area contributed by atoms with E-state index in [1.807, 2.05) is 0 Å². The molecule has 0 aromatic heterocycles. The predicted octanol–water partition coefficient (Wildman–Crippen LogP) is -2.89. The molecule has 0 aliphatic heterocycles. The van der Waals surface area contributed by atoms with Crippen LogP contribution in [0.4, 0.5) is 0 Å². The van der Waals surface area contributed by atoms with Gasteiger partial charge in [-0.05, 0) is 12.5 Å². The molecule has 0 heterocycles. The van der Waals surface area contributed by atoms with Gasteiger partial charge in [-0.25, -0.2) is 10.4 Å². The molecule has 2 atom stereocenters.